The molecule has 4 heteroatoms. The van der Waals surface area contributed by atoms with Crippen LogP contribution in [0.2, 0.25) is 0 Å². The highest BCUT2D eigenvalue weighted by Crippen LogP contribution is 2.11. The Balaban J connectivity index is 1.75. The van der Waals surface area contributed by atoms with Gasteiger partial charge in [-0.05, 0) is 19.1 Å². The highest BCUT2D eigenvalue weighted by atomic mass is 15.2. The highest BCUT2D eigenvalue weighted by Gasteiger charge is 2.18. The van der Waals surface area contributed by atoms with Gasteiger partial charge in [-0.15, -0.1) is 0 Å². The largest absolute Gasteiger partial charge is 0.314 e. The molecule has 1 saturated heterocycles. The van der Waals surface area contributed by atoms with Crippen molar-refractivity contribution in [1.29, 1.82) is 0 Å². The van der Waals surface area contributed by atoms with Crippen LogP contribution in [0.1, 0.15) is 12.7 Å². The van der Waals surface area contributed by atoms with Crippen LogP contribution >= 0.6 is 0 Å². The molecule has 2 aromatic rings. The summed E-state index contributed by atoms with van der Waals surface area (Å²) in [6, 6.07) is 6.78. The summed E-state index contributed by atoms with van der Waals surface area (Å²) in [4.78, 5) is 7.09. The van der Waals surface area contributed by atoms with Crippen molar-refractivity contribution in [3.63, 3.8) is 0 Å². The minimum absolute atomic E-state index is 0.554. The average Bonchev–Trinajstić information content (AvgIpc) is 2.83. The Morgan fingerprint density at radius 2 is 2.17 bits per heavy atom. The van der Waals surface area contributed by atoms with E-state index in [4.69, 9.17) is 0 Å². The maximum atomic E-state index is 4.55. The van der Waals surface area contributed by atoms with Gasteiger partial charge in [-0.2, -0.15) is 0 Å². The van der Waals surface area contributed by atoms with Crippen LogP contribution in [0.25, 0.3) is 5.52 Å². The van der Waals surface area contributed by atoms with E-state index in [1.807, 2.05) is 6.20 Å². The van der Waals surface area contributed by atoms with E-state index in [2.05, 4.69) is 50.9 Å². The van der Waals surface area contributed by atoms with Crippen molar-refractivity contribution in [2.75, 3.05) is 26.2 Å². The zero-order valence-electron chi connectivity index (χ0n) is 10.8. The van der Waals surface area contributed by atoms with Crippen LogP contribution < -0.4 is 5.32 Å². The van der Waals surface area contributed by atoms with E-state index in [0.717, 1.165) is 38.4 Å². The molecule has 0 amide bonds. The van der Waals surface area contributed by atoms with Gasteiger partial charge in [-0.25, -0.2) is 4.98 Å². The van der Waals surface area contributed by atoms with E-state index in [1.165, 1.54) is 5.52 Å². The molecule has 3 rings (SSSR count). The first kappa shape index (κ1) is 11.7. The molecular formula is C14H20N4. The molecule has 0 saturated carbocycles. The third-order valence-corrected chi connectivity index (χ3v) is 3.77. The van der Waals surface area contributed by atoms with Crippen LogP contribution in [0.5, 0.6) is 0 Å². The van der Waals surface area contributed by atoms with Gasteiger partial charge >= 0.3 is 0 Å². The lowest BCUT2D eigenvalue weighted by atomic mass is 10.1. The molecule has 1 N–H and O–H groups in total. The van der Waals surface area contributed by atoms with Gasteiger partial charge in [0.25, 0.3) is 0 Å². The normalized spacial score (nSPS) is 19.2. The van der Waals surface area contributed by atoms with Gasteiger partial charge in [-0.3, -0.25) is 4.90 Å². The van der Waals surface area contributed by atoms with Crippen molar-refractivity contribution in [3.05, 3.63) is 36.4 Å². The molecule has 0 aromatic carbocycles. The first-order valence-electron chi connectivity index (χ1n) is 6.70. The number of nitrogens with one attached hydrogen (secondary N) is 1. The second-order valence-corrected chi connectivity index (χ2v) is 5.01. The Hall–Kier alpha value is -1.39. The van der Waals surface area contributed by atoms with Crippen molar-refractivity contribution in [1.82, 2.24) is 19.6 Å². The molecule has 4 nitrogen and oxygen atoms in total. The van der Waals surface area contributed by atoms with Crippen molar-refractivity contribution >= 4 is 5.52 Å². The first-order valence-corrected chi connectivity index (χ1v) is 6.70. The Morgan fingerprint density at radius 1 is 1.33 bits per heavy atom. The number of hydrogen-bond donors (Lipinski definition) is 1. The van der Waals surface area contributed by atoms with Crippen LogP contribution in [-0.4, -0.2) is 46.5 Å². The van der Waals surface area contributed by atoms with Crippen molar-refractivity contribution in [2.45, 2.75) is 19.4 Å². The van der Waals surface area contributed by atoms with E-state index in [0.29, 0.717) is 6.04 Å². The van der Waals surface area contributed by atoms with Gasteiger partial charge in [0, 0.05) is 44.8 Å². The number of piperazine rings is 1. The number of imidazole rings is 1. The fourth-order valence-electron chi connectivity index (χ4n) is 2.67. The summed E-state index contributed by atoms with van der Waals surface area (Å²) >= 11 is 0. The molecule has 1 aliphatic rings. The predicted molar refractivity (Wildman–Crippen MR) is 72.8 cm³/mol. The quantitative estimate of drug-likeness (QED) is 0.880. The van der Waals surface area contributed by atoms with Crippen molar-refractivity contribution < 1.29 is 0 Å². The number of pyridine rings is 1. The summed E-state index contributed by atoms with van der Waals surface area (Å²) in [7, 11) is 0. The minimum atomic E-state index is 0.554. The van der Waals surface area contributed by atoms with Crippen molar-refractivity contribution in [2.24, 2.45) is 0 Å². The van der Waals surface area contributed by atoms with E-state index >= 15 is 0 Å². The zero-order valence-corrected chi connectivity index (χ0v) is 10.8. The van der Waals surface area contributed by atoms with Crippen LogP contribution in [0, 0.1) is 0 Å². The molecule has 96 valence electrons. The molecule has 1 aliphatic heterocycles. The first-order chi connectivity index (χ1) is 8.84. The molecule has 1 unspecified atom stereocenters. The number of rotatable bonds is 3. The molecule has 1 atom stereocenters. The highest BCUT2D eigenvalue weighted by molar-refractivity contribution is 5.45. The SMILES string of the molecule is CC(Cc1ncc2ccccn12)N1CCNCC1. The number of nitrogens with zero attached hydrogens (tertiary/aromatic N) is 3. The fourth-order valence-corrected chi connectivity index (χ4v) is 2.67. The number of fused-ring (bicyclic) bond motifs is 1. The molecule has 2 aromatic heterocycles. The van der Waals surface area contributed by atoms with Crippen LogP contribution in [0.15, 0.2) is 30.6 Å². The summed E-state index contributed by atoms with van der Waals surface area (Å²) in [6.07, 6.45) is 5.07. The number of hydrogen-bond acceptors (Lipinski definition) is 3. The van der Waals surface area contributed by atoms with Crippen LogP contribution in [0.3, 0.4) is 0 Å². The molecule has 0 bridgehead atoms. The second-order valence-electron chi connectivity index (χ2n) is 5.01. The molecule has 0 spiro atoms. The molecule has 18 heavy (non-hydrogen) atoms. The minimum Gasteiger partial charge on any atom is -0.314 e. The van der Waals surface area contributed by atoms with Gasteiger partial charge in [0.1, 0.15) is 5.82 Å². The molecule has 3 heterocycles. The number of aromatic nitrogens is 2. The maximum Gasteiger partial charge on any atom is 0.114 e. The third-order valence-electron chi connectivity index (χ3n) is 3.77. The molecule has 0 radical (unpaired) electrons. The lowest BCUT2D eigenvalue weighted by Crippen LogP contribution is -2.48. The van der Waals surface area contributed by atoms with Crippen LogP contribution in [-0.2, 0) is 6.42 Å². The Kier molecular flexibility index (Phi) is 3.30. The van der Waals surface area contributed by atoms with Gasteiger partial charge < -0.3 is 9.72 Å². The van der Waals surface area contributed by atoms with Gasteiger partial charge in [0.05, 0.1) is 11.7 Å². The Bertz CT molecular complexity index is 513. The van der Waals surface area contributed by atoms with Crippen molar-refractivity contribution in [3.8, 4) is 0 Å². The van der Waals surface area contributed by atoms with Gasteiger partial charge in [0.15, 0.2) is 0 Å². The maximum absolute atomic E-state index is 4.55. The summed E-state index contributed by atoms with van der Waals surface area (Å²) in [5, 5.41) is 3.40. The summed E-state index contributed by atoms with van der Waals surface area (Å²) in [5.74, 6) is 1.16. The topological polar surface area (TPSA) is 32.6 Å². The monoisotopic (exact) mass is 244 g/mol. The predicted octanol–water partition coefficient (Wildman–Crippen LogP) is 1.17. The Labute approximate surface area is 108 Å². The third kappa shape index (κ3) is 2.26. The summed E-state index contributed by atoms with van der Waals surface area (Å²) < 4.78 is 2.19. The lowest BCUT2D eigenvalue weighted by Gasteiger charge is -2.32. The fraction of sp³-hybridized carbons (Fsp3) is 0.500. The second kappa shape index (κ2) is 5.08. The van der Waals surface area contributed by atoms with Gasteiger partial charge in [0.2, 0.25) is 0 Å². The van der Waals surface area contributed by atoms with Crippen LogP contribution in [0.4, 0.5) is 0 Å². The van der Waals surface area contributed by atoms with Gasteiger partial charge in [-0.1, -0.05) is 6.07 Å². The van der Waals surface area contributed by atoms with E-state index in [-0.39, 0.29) is 0 Å². The Morgan fingerprint density at radius 3 is 3.00 bits per heavy atom. The molecular weight excluding hydrogens is 224 g/mol. The molecule has 1 fully saturated rings. The lowest BCUT2D eigenvalue weighted by molar-refractivity contribution is 0.181. The van der Waals surface area contributed by atoms with E-state index in [1.54, 1.807) is 0 Å². The average molecular weight is 244 g/mol. The zero-order chi connectivity index (χ0) is 12.4. The smallest absolute Gasteiger partial charge is 0.114 e. The van der Waals surface area contributed by atoms with E-state index in [9.17, 15) is 0 Å². The van der Waals surface area contributed by atoms with E-state index < -0.39 is 0 Å². The standard InChI is InChI=1S/C14H20N4/c1-12(17-8-5-15-6-9-17)10-14-16-11-13-4-2-3-7-18(13)14/h2-4,7,11-12,15H,5-6,8-10H2,1H3. The molecule has 0 aliphatic carbocycles. The summed E-state index contributed by atoms with van der Waals surface area (Å²) in [6.45, 7) is 6.80. The summed E-state index contributed by atoms with van der Waals surface area (Å²) in [5.41, 5.74) is 1.18.